The molecule has 66 valence electrons. The van der Waals surface area contributed by atoms with Crippen LogP contribution in [0.3, 0.4) is 0 Å². The van der Waals surface area contributed by atoms with Crippen molar-refractivity contribution >= 4 is 12.2 Å². The van der Waals surface area contributed by atoms with Gasteiger partial charge in [-0.2, -0.15) is 0 Å². The highest BCUT2D eigenvalue weighted by molar-refractivity contribution is 5.64. The lowest BCUT2D eigenvalue weighted by atomic mass is 9.94. The maximum absolute atomic E-state index is 3.48. The molecule has 0 saturated carbocycles. The summed E-state index contributed by atoms with van der Waals surface area (Å²) < 4.78 is 0. The van der Waals surface area contributed by atoms with Crippen LogP contribution in [0.5, 0.6) is 0 Å². The third kappa shape index (κ3) is 0.998. The van der Waals surface area contributed by atoms with Gasteiger partial charge in [0.1, 0.15) is 0 Å². The number of nitrogens with one attached hydrogen (secondary N) is 1. The Morgan fingerprint density at radius 3 is 1.92 bits per heavy atom. The molecule has 2 aliphatic rings. The van der Waals surface area contributed by atoms with Gasteiger partial charge in [-0.3, -0.25) is 0 Å². The smallest absolute Gasteiger partial charge is 0.0417 e. The van der Waals surface area contributed by atoms with Gasteiger partial charge in [0.25, 0.3) is 0 Å². The maximum Gasteiger partial charge on any atom is 0.0417 e. The minimum Gasteiger partial charge on any atom is -0.355 e. The van der Waals surface area contributed by atoms with Crippen molar-refractivity contribution in [1.29, 1.82) is 0 Å². The van der Waals surface area contributed by atoms with E-state index in [0.29, 0.717) is 0 Å². The average molecular weight is 171 g/mol. The number of hydrogen-bond donors (Lipinski definition) is 1. The van der Waals surface area contributed by atoms with Gasteiger partial charge in [0.2, 0.25) is 0 Å². The fraction of sp³-hybridized carbons (Fsp3) is 0.333. The largest absolute Gasteiger partial charge is 0.355 e. The molecule has 0 aromatic carbocycles. The fourth-order valence-corrected chi connectivity index (χ4v) is 2.33. The Hall–Kier alpha value is -1.24. The first kappa shape index (κ1) is 7.19. The van der Waals surface area contributed by atoms with Crippen LogP contribution in [0, 0.1) is 0 Å². The van der Waals surface area contributed by atoms with E-state index in [1.54, 1.807) is 11.1 Å². The van der Waals surface area contributed by atoms with E-state index in [1.165, 1.54) is 37.1 Å². The second-order valence-corrected chi connectivity index (χ2v) is 3.79. The summed E-state index contributed by atoms with van der Waals surface area (Å²) in [6.07, 6.45) is 13.8. The highest BCUT2D eigenvalue weighted by Gasteiger charge is 2.16. The van der Waals surface area contributed by atoms with Gasteiger partial charge in [0.15, 0.2) is 0 Å². The van der Waals surface area contributed by atoms with Gasteiger partial charge in [-0.05, 0) is 49.0 Å². The number of rotatable bonds is 0. The Balaban J connectivity index is 2.22. The van der Waals surface area contributed by atoms with Crippen molar-refractivity contribution in [2.75, 3.05) is 0 Å². The zero-order chi connectivity index (χ0) is 8.67. The van der Waals surface area contributed by atoms with Crippen LogP contribution in [0.25, 0.3) is 12.2 Å². The molecular weight excluding hydrogens is 158 g/mol. The molecule has 1 aromatic rings. The number of aromatic nitrogens is 1. The molecule has 3 rings (SSSR count). The second-order valence-electron chi connectivity index (χ2n) is 3.79. The van der Waals surface area contributed by atoms with E-state index in [4.69, 9.17) is 0 Å². The number of allylic oxidation sites excluding steroid dienone is 2. The van der Waals surface area contributed by atoms with Crippen LogP contribution in [0.2, 0.25) is 0 Å². The minimum atomic E-state index is 1.21. The first-order chi connectivity index (χ1) is 6.45. The SMILES string of the molecule is C1=Cc2[nH]c3c(c2CC1)CCC=C3. The highest BCUT2D eigenvalue weighted by atomic mass is 14.7. The molecular formula is C12H13N. The lowest BCUT2D eigenvalue weighted by Crippen LogP contribution is -1.97. The van der Waals surface area contributed by atoms with E-state index in [9.17, 15) is 0 Å². The monoisotopic (exact) mass is 171 g/mol. The number of H-pyrrole nitrogens is 1. The lowest BCUT2D eigenvalue weighted by molar-refractivity contribution is 0.922. The third-order valence-electron chi connectivity index (χ3n) is 2.97. The van der Waals surface area contributed by atoms with Gasteiger partial charge in [-0.25, -0.2) is 0 Å². The fourth-order valence-electron chi connectivity index (χ4n) is 2.33. The summed E-state index contributed by atoms with van der Waals surface area (Å²) in [5.41, 5.74) is 5.84. The summed E-state index contributed by atoms with van der Waals surface area (Å²) in [5.74, 6) is 0. The summed E-state index contributed by atoms with van der Waals surface area (Å²) in [4.78, 5) is 3.48. The standard InChI is InChI=1S/C12H13N/c1-3-7-11-9(5-1)10-6-2-4-8-12(10)13-11/h3-4,7-8,13H,1-2,5-6H2. The molecule has 1 N–H and O–H groups in total. The van der Waals surface area contributed by atoms with E-state index in [2.05, 4.69) is 29.3 Å². The maximum atomic E-state index is 3.48. The molecule has 1 heteroatoms. The van der Waals surface area contributed by atoms with Crippen LogP contribution in [-0.2, 0) is 12.8 Å². The molecule has 0 spiro atoms. The Morgan fingerprint density at radius 1 is 0.846 bits per heavy atom. The number of hydrogen-bond acceptors (Lipinski definition) is 0. The molecule has 2 aliphatic carbocycles. The Kier molecular flexibility index (Phi) is 1.45. The van der Waals surface area contributed by atoms with Crippen molar-refractivity contribution in [2.24, 2.45) is 0 Å². The van der Waals surface area contributed by atoms with Crippen LogP contribution >= 0.6 is 0 Å². The van der Waals surface area contributed by atoms with E-state index >= 15 is 0 Å². The molecule has 0 saturated heterocycles. The molecule has 0 radical (unpaired) electrons. The van der Waals surface area contributed by atoms with Gasteiger partial charge in [0, 0.05) is 11.4 Å². The van der Waals surface area contributed by atoms with Crippen LogP contribution in [-0.4, -0.2) is 4.98 Å². The van der Waals surface area contributed by atoms with Crippen molar-refractivity contribution < 1.29 is 0 Å². The summed E-state index contributed by atoms with van der Waals surface area (Å²) in [6, 6.07) is 0. The molecule has 0 atom stereocenters. The molecule has 0 unspecified atom stereocenters. The van der Waals surface area contributed by atoms with Crippen LogP contribution in [0.1, 0.15) is 35.4 Å². The first-order valence-corrected chi connectivity index (χ1v) is 5.02. The number of fused-ring (bicyclic) bond motifs is 3. The van der Waals surface area contributed by atoms with Crippen LogP contribution in [0.4, 0.5) is 0 Å². The summed E-state index contributed by atoms with van der Waals surface area (Å²) in [6.45, 7) is 0. The Bertz CT molecular complexity index is 357. The van der Waals surface area contributed by atoms with E-state index < -0.39 is 0 Å². The van der Waals surface area contributed by atoms with E-state index in [-0.39, 0.29) is 0 Å². The zero-order valence-electron chi connectivity index (χ0n) is 7.64. The molecule has 13 heavy (non-hydrogen) atoms. The van der Waals surface area contributed by atoms with Crippen LogP contribution < -0.4 is 0 Å². The van der Waals surface area contributed by atoms with Crippen molar-refractivity contribution in [3.05, 3.63) is 34.7 Å². The normalized spacial score (nSPS) is 18.5. The molecule has 0 fully saturated rings. The van der Waals surface area contributed by atoms with Gasteiger partial charge in [-0.1, -0.05) is 12.2 Å². The van der Waals surface area contributed by atoms with Gasteiger partial charge < -0.3 is 4.98 Å². The molecule has 0 amide bonds. The minimum absolute atomic E-state index is 1.21. The quantitative estimate of drug-likeness (QED) is 0.617. The predicted octanol–water partition coefficient (Wildman–Crippen LogP) is 2.93. The van der Waals surface area contributed by atoms with E-state index in [1.807, 2.05) is 0 Å². The van der Waals surface area contributed by atoms with Crippen molar-refractivity contribution in [2.45, 2.75) is 25.7 Å². The van der Waals surface area contributed by atoms with Gasteiger partial charge in [0.05, 0.1) is 0 Å². The van der Waals surface area contributed by atoms with Crippen molar-refractivity contribution in [3.8, 4) is 0 Å². The summed E-state index contributed by atoms with van der Waals surface area (Å²) in [7, 11) is 0. The molecule has 1 nitrogen and oxygen atoms in total. The lowest BCUT2D eigenvalue weighted by Gasteiger charge is -2.09. The third-order valence-corrected chi connectivity index (χ3v) is 2.97. The predicted molar refractivity (Wildman–Crippen MR) is 55.5 cm³/mol. The Morgan fingerprint density at radius 2 is 1.38 bits per heavy atom. The van der Waals surface area contributed by atoms with Gasteiger partial charge in [-0.15, -0.1) is 0 Å². The zero-order valence-corrected chi connectivity index (χ0v) is 7.64. The van der Waals surface area contributed by atoms with E-state index in [0.717, 1.165) is 0 Å². The second kappa shape index (κ2) is 2.63. The summed E-state index contributed by atoms with van der Waals surface area (Å²) in [5, 5.41) is 0. The van der Waals surface area contributed by atoms with Crippen LogP contribution in [0.15, 0.2) is 12.2 Å². The van der Waals surface area contributed by atoms with Crippen molar-refractivity contribution in [3.63, 3.8) is 0 Å². The van der Waals surface area contributed by atoms with Crippen molar-refractivity contribution in [1.82, 2.24) is 4.98 Å². The topological polar surface area (TPSA) is 15.8 Å². The van der Waals surface area contributed by atoms with Gasteiger partial charge >= 0.3 is 0 Å². The first-order valence-electron chi connectivity index (χ1n) is 5.02. The summed E-state index contributed by atoms with van der Waals surface area (Å²) >= 11 is 0. The Labute approximate surface area is 78.2 Å². The molecule has 1 heterocycles. The number of aromatic amines is 1. The molecule has 0 bridgehead atoms. The molecule has 1 aromatic heterocycles. The molecule has 0 aliphatic heterocycles. The average Bonchev–Trinajstić information content (AvgIpc) is 2.56. The highest BCUT2D eigenvalue weighted by Crippen LogP contribution is 2.29.